The van der Waals surface area contributed by atoms with Gasteiger partial charge in [-0.3, -0.25) is 4.79 Å². The highest BCUT2D eigenvalue weighted by molar-refractivity contribution is 9.10. The molecular formula is C20H25BrN2O4. The van der Waals surface area contributed by atoms with E-state index in [1.807, 2.05) is 19.2 Å². The van der Waals surface area contributed by atoms with Crippen molar-refractivity contribution in [3.05, 3.63) is 46.4 Å². The SMILES string of the molecule is COc1cc(NC(=O)CCN(C)Cc2ccc(Br)cc2)cc(OC)c1OC. The molecule has 2 rings (SSSR count). The smallest absolute Gasteiger partial charge is 0.225 e. The predicted molar refractivity (Wildman–Crippen MR) is 110 cm³/mol. The quantitative estimate of drug-likeness (QED) is 0.644. The van der Waals surface area contributed by atoms with Crippen molar-refractivity contribution in [2.75, 3.05) is 40.2 Å². The number of nitrogens with one attached hydrogen (secondary N) is 1. The topological polar surface area (TPSA) is 60.0 Å². The lowest BCUT2D eigenvalue weighted by Crippen LogP contribution is -2.24. The van der Waals surface area contributed by atoms with E-state index in [0.717, 1.165) is 11.0 Å². The van der Waals surface area contributed by atoms with Crippen molar-refractivity contribution in [3.63, 3.8) is 0 Å². The summed E-state index contributed by atoms with van der Waals surface area (Å²) in [6, 6.07) is 11.6. The number of methoxy groups -OCH3 is 3. The minimum Gasteiger partial charge on any atom is -0.493 e. The van der Waals surface area contributed by atoms with Crippen LogP contribution in [0.15, 0.2) is 40.9 Å². The Morgan fingerprint density at radius 2 is 1.63 bits per heavy atom. The first-order valence-electron chi connectivity index (χ1n) is 8.49. The average molecular weight is 437 g/mol. The Balaban J connectivity index is 1.92. The number of carbonyl (C=O) groups excluding carboxylic acids is 1. The molecule has 146 valence electrons. The average Bonchev–Trinajstić information content (AvgIpc) is 2.67. The minimum absolute atomic E-state index is 0.0769. The Morgan fingerprint density at radius 3 is 2.15 bits per heavy atom. The summed E-state index contributed by atoms with van der Waals surface area (Å²) in [5, 5.41) is 2.88. The molecule has 2 aromatic rings. The molecule has 0 heterocycles. The van der Waals surface area contributed by atoms with Crippen molar-refractivity contribution in [1.82, 2.24) is 4.90 Å². The molecule has 6 nitrogen and oxygen atoms in total. The van der Waals surface area contributed by atoms with E-state index in [9.17, 15) is 4.79 Å². The third kappa shape index (κ3) is 6.15. The lowest BCUT2D eigenvalue weighted by atomic mass is 10.2. The van der Waals surface area contributed by atoms with E-state index < -0.39 is 0 Å². The molecule has 1 amide bonds. The van der Waals surface area contributed by atoms with Crippen LogP contribution in [-0.2, 0) is 11.3 Å². The van der Waals surface area contributed by atoms with Crippen molar-refractivity contribution in [1.29, 1.82) is 0 Å². The third-order valence-electron chi connectivity index (χ3n) is 4.03. The molecule has 1 N–H and O–H groups in total. The second kappa shape index (κ2) is 10.2. The summed E-state index contributed by atoms with van der Waals surface area (Å²) in [6.07, 6.45) is 0.379. The van der Waals surface area contributed by atoms with Crippen LogP contribution in [0.3, 0.4) is 0 Å². The van der Waals surface area contributed by atoms with Crippen molar-refractivity contribution < 1.29 is 19.0 Å². The van der Waals surface area contributed by atoms with Gasteiger partial charge in [0.15, 0.2) is 11.5 Å². The van der Waals surface area contributed by atoms with Gasteiger partial charge in [-0.2, -0.15) is 0 Å². The molecule has 27 heavy (non-hydrogen) atoms. The van der Waals surface area contributed by atoms with Gasteiger partial charge in [0.1, 0.15) is 0 Å². The standard InChI is InChI=1S/C20H25BrN2O4/c1-23(13-14-5-7-15(21)8-6-14)10-9-19(24)22-16-11-17(25-2)20(27-4)18(12-16)26-3/h5-8,11-12H,9-10,13H2,1-4H3,(H,22,24). The maximum absolute atomic E-state index is 12.3. The van der Waals surface area contributed by atoms with E-state index in [2.05, 4.69) is 38.3 Å². The molecule has 0 aliphatic heterocycles. The lowest BCUT2D eigenvalue weighted by molar-refractivity contribution is -0.116. The summed E-state index contributed by atoms with van der Waals surface area (Å²) in [6.45, 7) is 1.43. The van der Waals surface area contributed by atoms with Crippen LogP contribution in [0.4, 0.5) is 5.69 Å². The van der Waals surface area contributed by atoms with Gasteiger partial charge in [-0.25, -0.2) is 0 Å². The maximum atomic E-state index is 12.3. The van der Waals surface area contributed by atoms with Crippen LogP contribution >= 0.6 is 15.9 Å². The maximum Gasteiger partial charge on any atom is 0.225 e. The van der Waals surface area contributed by atoms with Gasteiger partial charge in [0.05, 0.1) is 21.3 Å². The van der Waals surface area contributed by atoms with Crippen LogP contribution in [-0.4, -0.2) is 45.7 Å². The number of hydrogen-bond acceptors (Lipinski definition) is 5. The molecular weight excluding hydrogens is 412 g/mol. The first kappa shape index (κ1) is 21.1. The normalized spacial score (nSPS) is 10.6. The van der Waals surface area contributed by atoms with E-state index in [0.29, 0.717) is 35.9 Å². The highest BCUT2D eigenvalue weighted by Crippen LogP contribution is 2.39. The molecule has 0 radical (unpaired) electrons. The summed E-state index contributed by atoms with van der Waals surface area (Å²) in [7, 11) is 6.62. The van der Waals surface area contributed by atoms with Crippen molar-refractivity contribution in [2.45, 2.75) is 13.0 Å². The van der Waals surface area contributed by atoms with Gasteiger partial charge in [0.25, 0.3) is 0 Å². The van der Waals surface area contributed by atoms with Crippen LogP contribution in [0.5, 0.6) is 17.2 Å². The van der Waals surface area contributed by atoms with Gasteiger partial charge in [-0.1, -0.05) is 28.1 Å². The predicted octanol–water partition coefficient (Wildman–Crippen LogP) is 3.94. The van der Waals surface area contributed by atoms with Gasteiger partial charge in [0.2, 0.25) is 11.7 Å². The van der Waals surface area contributed by atoms with Gasteiger partial charge >= 0.3 is 0 Å². The molecule has 0 spiro atoms. The fourth-order valence-corrected chi connectivity index (χ4v) is 2.91. The lowest BCUT2D eigenvalue weighted by Gasteiger charge is -2.17. The fraction of sp³-hybridized carbons (Fsp3) is 0.350. The monoisotopic (exact) mass is 436 g/mol. The molecule has 0 aromatic heterocycles. The number of amides is 1. The van der Waals surface area contributed by atoms with Crippen LogP contribution < -0.4 is 19.5 Å². The van der Waals surface area contributed by atoms with Crippen molar-refractivity contribution in [2.24, 2.45) is 0 Å². The van der Waals surface area contributed by atoms with Gasteiger partial charge in [-0.05, 0) is 24.7 Å². The molecule has 0 aliphatic rings. The zero-order valence-electron chi connectivity index (χ0n) is 16.0. The molecule has 0 fully saturated rings. The number of hydrogen-bond donors (Lipinski definition) is 1. The van der Waals surface area contributed by atoms with Crippen LogP contribution in [0.1, 0.15) is 12.0 Å². The molecule has 0 unspecified atom stereocenters. The minimum atomic E-state index is -0.0769. The summed E-state index contributed by atoms with van der Waals surface area (Å²) in [5.41, 5.74) is 1.80. The number of benzene rings is 2. The van der Waals surface area contributed by atoms with Gasteiger partial charge < -0.3 is 24.4 Å². The van der Waals surface area contributed by atoms with Crippen LogP contribution in [0.2, 0.25) is 0 Å². The highest BCUT2D eigenvalue weighted by Gasteiger charge is 2.14. The molecule has 0 bridgehead atoms. The van der Waals surface area contributed by atoms with Crippen molar-refractivity contribution >= 4 is 27.5 Å². The molecule has 2 aromatic carbocycles. The third-order valence-corrected chi connectivity index (χ3v) is 4.56. The second-order valence-corrected chi connectivity index (χ2v) is 6.99. The highest BCUT2D eigenvalue weighted by atomic mass is 79.9. The van der Waals surface area contributed by atoms with E-state index in [1.165, 1.54) is 5.56 Å². The zero-order valence-corrected chi connectivity index (χ0v) is 17.6. The zero-order chi connectivity index (χ0) is 19.8. The van der Waals surface area contributed by atoms with Gasteiger partial charge in [0, 0.05) is 41.8 Å². The van der Waals surface area contributed by atoms with E-state index in [1.54, 1.807) is 33.5 Å². The Morgan fingerprint density at radius 1 is 1.04 bits per heavy atom. The molecule has 7 heteroatoms. The molecule has 0 atom stereocenters. The number of carbonyl (C=O) groups is 1. The summed E-state index contributed by atoms with van der Waals surface area (Å²) < 4.78 is 17.0. The first-order valence-corrected chi connectivity index (χ1v) is 9.29. The van der Waals surface area contributed by atoms with Crippen molar-refractivity contribution in [3.8, 4) is 17.2 Å². The Bertz CT molecular complexity index is 740. The summed E-state index contributed by atoms with van der Waals surface area (Å²) in [4.78, 5) is 14.4. The van der Waals surface area contributed by atoms with Crippen LogP contribution in [0, 0.1) is 0 Å². The number of rotatable bonds is 9. The summed E-state index contributed by atoms with van der Waals surface area (Å²) >= 11 is 3.43. The Labute approximate surface area is 168 Å². The number of ether oxygens (including phenoxy) is 3. The number of anilines is 1. The van der Waals surface area contributed by atoms with E-state index >= 15 is 0 Å². The van der Waals surface area contributed by atoms with E-state index in [4.69, 9.17) is 14.2 Å². The van der Waals surface area contributed by atoms with Gasteiger partial charge in [-0.15, -0.1) is 0 Å². The largest absolute Gasteiger partial charge is 0.493 e. The molecule has 0 aliphatic carbocycles. The Kier molecular flexibility index (Phi) is 7.94. The summed E-state index contributed by atoms with van der Waals surface area (Å²) in [5.74, 6) is 1.41. The first-order chi connectivity index (χ1) is 13.0. The number of nitrogens with zero attached hydrogens (tertiary/aromatic N) is 1. The van der Waals surface area contributed by atoms with E-state index in [-0.39, 0.29) is 5.91 Å². The molecule has 0 saturated carbocycles. The fourth-order valence-electron chi connectivity index (χ4n) is 2.65. The second-order valence-electron chi connectivity index (χ2n) is 6.08. The van der Waals surface area contributed by atoms with Crippen LogP contribution in [0.25, 0.3) is 0 Å². The Hall–Kier alpha value is -2.25. The molecule has 0 saturated heterocycles. The number of halogens is 1.